The molecule has 0 bridgehead atoms. The normalized spacial score (nSPS) is 13.9. The highest BCUT2D eigenvalue weighted by molar-refractivity contribution is 6.06. The zero-order valence-corrected chi connectivity index (χ0v) is 17.3. The molecule has 1 amide bonds. The van der Waals surface area contributed by atoms with E-state index in [0.717, 1.165) is 50.0 Å². The van der Waals surface area contributed by atoms with Gasteiger partial charge in [-0.25, -0.2) is 0 Å². The third-order valence-corrected chi connectivity index (χ3v) is 4.72. The van der Waals surface area contributed by atoms with Crippen molar-refractivity contribution in [2.24, 2.45) is 5.73 Å². The van der Waals surface area contributed by atoms with Crippen LogP contribution in [0.3, 0.4) is 0 Å². The molecule has 0 spiro atoms. The zero-order chi connectivity index (χ0) is 19.4. The summed E-state index contributed by atoms with van der Waals surface area (Å²) in [5, 5.41) is 2.66. The fourth-order valence-corrected chi connectivity index (χ4v) is 3.21. The lowest BCUT2D eigenvalue weighted by Gasteiger charge is -2.31. The molecular weight excluding hydrogens is 426 g/mol. The number of rotatable bonds is 4. The van der Waals surface area contributed by atoms with E-state index in [2.05, 4.69) is 5.32 Å². The average Bonchev–Trinajstić information content (AvgIpc) is 2.68. The van der Waals surface area contributed by atoms with Gasteiger partial charge in [0.2, 0.25) is 0 Å². The minimum Gasteiger partial charge on any atom is -0.370 e. The van der Waals surface area contributed by atoms with Crippen molar-refractivity contribution in [1.29, 1.82) is 0 Å². The molecule has 0 aromatic heterocycles. The minimum atomic E-state index is -4.47. The second-order valence-corrected chi connectivity index (χ2v) is 6.63. The number of benzene rings is 2. The number of nitrogens with zero attached hydrogens (tertiary/aromatic N) is 1. The molecule has 1 saturated heterocycles. The van der Waals surface area contributed by atoms with Gasteiger partial charge in [-0.1, -0.05) is 12.1 Å². The van der Waals surface area contributed by atoms with E-state index in [1.807, 2.05) is 4.90 Å². The molecule has 29 heavy (non-hydrogen) atoms. The lowest BCUT2D eigenvalue weighted by molar-refractivity contribution is -0.137. The Morgan fingerprint density at radius 2 is 1.62 bits per heavy atom. The zero-order valence-electron chi connectivity index (χ0n) is 15.7. The first kappa shape index (κ1) is 25.1. The van der Waals surface area contributed by atoms with Gasteiger partial charge in [-0.3, -0.25) is 4.79 Å². The number of hydrogen-bond acceptors (Lipinski definition) is 3. The number of hydrogen-bond donors (Lipinski definition) is 2. The van der Waals surface area contributed by atoms with E-state index < -0.39 is 17.6 Å². The summed E-state index contributed by atoms with van der Waals surface area (Å²) in [5.74, 6) is -0.448. The molecule has 1 aliphatic heterocycles. The number of halogens is 5. The molecule has 1 aliphatic rings. The van der Waals surface area contributed by atoms with E-state index in [1.54, 1.807) is 24.3 Å². The second-order valence-electron chi connectivity index (χ2n) is 6.63. The van der Waals surface area contributed by atoms with Gasteiger partial charge in [-0.15, -0.1) is 24.8 Å². The van der Waals surface area contributed by atoms with Gasteiger partial charge in [-0.05, 0) is 55.2 Å². The van der Waals surface area contributed by atoms with E-state index in [4.69, 9.17) is 5.73 Å². The highest BCUT2D eigenvalue weighted by Gasteiger charge is 2.32. The van der Waals surface area contributed by atoms with Crippen molar-refractivity contribution in [3.63, 3.8) is 0 Å². The summed E-state index contributed by atoms with van der Waals surface area (Å²) < 4.78 is 39.4. The molecule has 0 radical (unpaired) electrons. The fourth-order valence-electron chi connectivity index (χ4n) is 3.21. The van der Waals surface area contributed by atoms with Crippen LogP contribution >= 0.6 is 24.8 Å². The summed E-state index contributed by atoms with van der Waals surface area (Å²) >= 11 is 0. The summed E-state index contributed by atoms with van der Waals surface area (Å²) in [6, 6.07) is 10.2. The first-order valence-corrected chi connectivity index (χ1v) is 8.95. The molecule has 2 aromatic carbocycles. The number of alkyl halides is 3. The molecule has 9 heteroatoms. The number of nitrogens with one attached hydrogen (secondary N) is 1. The lowest BCUT2D eigenvalue weighted by Crippen LogP contribution is -2.30. The first-order chi connectivity index (χ1) is 12.9. The predicted molar refractivity (Wildman–Crippen MR) is 114 cm³/mol. The van der Waals surface area contributed by atoms with Gasteiger partial charge in [0.1, 0.15) is 0 Å². The molecule has 4 nitrogen and oxygen atoms in total. The molecule has 1 heterocycles. The van der Waals surface area contributed by atoms with Crippen LogP contribution in [0.2, 0.25) is 0 Å². The van der Waals surface area contributed by atoms with Crippen LogP contribution in [-0.4, -0.2) is 19.0 Å². The van der Waals surface area contributed by atoms with Crippen LogP contribution in [0.25, 0.3) is 0 Å². The Kier molecular flexibility index (Phi) is 9.26. The first-order valence-electron chi connectivity index (χ1n) is 8.95. The number of piperidine rings is 1. The molecule has 160 valence electrons. The van der Waals surface area contributed by atoms with Crippen LogP contribution in [-0.2, 0) is 12.7 Å². The van der Waals surface area contributed by atoms with Gasteiger partial charge in [0.05, 0.1) is 16.9 Å². The summed E-state index contributed by atoms with van der Waals surface area (Å²) in [5.41, 5.74) is 6.81. The van der Waals surface area contributed by atoms with Gasteiger partial charge in [0.15, 0.2) is 0 Å². The van der Waals surface area contributed by atoms with Crippen LogP contribution in [0.4, 0.5) is 24.5 Å². The standard InChI is InChI=1S/C20H22F3N3O.2ClH/c21-20(22,23)16-8-9-18(26-10-2-1-3-11-26)17(12-16)25-19(27)15-6-4-14(13-24)5-7-15;;/h4-9,12H,1-3,10-11,13,24H2,(H,25,27);2*1H. The smallest absolute Gasteiger partial charge is 0.370 e. The monoisotopic (exact) mass is 449 g/mol. The van der Waals surface area contributed by atoms with Crippen molar-refractivity contribution in [2.45, 2.75) is 32.0 Å². The van der Waals surface area contributed by atoms with Crippen LogP contribution in [0.5, 0.6) is 0 Å². The van der Waals surface area contributed by atoms with Gasteiger partial charge < -0.3 is 16.0 Å². The minimum absolute atomic E-state index is 0. The molecule has 3 N–H and O–H groups in total. The molecular formula is C20H24Cl2F3N3O. The largest absolute Gasteiger partial charge is 0.416 e. The van der Waals surface area contributed by atoms with Gasteiger partial charge >= 0.3 is 6.18 Å². The number of carbonyl (C=O) groups is 1. The predicted octanol–water partition coefficient (Wildman–Crippen LogP) is 5.25. The maximum absolute atomic E-state index is 13.1. The maximum Gasteiger partial charge on any atom is 0.416 e. The number of amides is 1. The highest BCUT2D eigenvalue weighted by Crippen LogP contribution is 2.36. The topological polar surface area (TPSA) is 58.4 Å². The Labute approximate surface area is 180 Å². The highest BCUT2D eigenvalue weighted by atomic mass is 35.5. The molecule has 0 saturated carbocycles. The molecule has 0 unspecified atom stereocenters. The van der Waals surface area contributed by atoms with E-state index in [1.165, 1.54) is 6.07 Å². The van der Waals surface area contributed by atoms with Gasteiger partial charge in [-0.2, -0.15) is 13.2 Å². The van der Waals surface area contributed by atoms with E-state index in [-0.39, 0.29) is 30.5 Å². The molecule has 2 aromatic rings. The van der Waals surface area contributed by atoms with Crippen molar-refractivity contribution in [2.75, 3.05) is 23.3 Å². The summed E-state index contributed by atoms with van der Waals surface area (Å²) in [6.07, 6.45) is -1.40. The third kappa shape index (κ3) is 6.26. The van der Waals surface area contributed by atoms with Crippen molar-refractivity contribution in [3.05, 3.63) is 59.2 Å². The summed E-state index contributed by atoms with van der Waals surface area (Å²) in [6.45, 7) is 1.88. The van der Waals surface area contributed by atoms with Crippen molar-refractivity contribution in [1.82, 2.24) is 0 Å². The Morgan fingerprint density at radius 3 is 2.17 bits per heavy atom. The van der Waals surface area contributed by atoms with Crippen molar-refractivity contribution < 1.29 is 18.0 Å². The second kappa shape index (κ2) is 10.7. The Balaban J connectivity index is 0.00000210. The fraction of sp³-hybridized carbons (Fsp3) is 0.350. The summed E-state index contributed by atoms with van der Waals surface area (Å²) in [7, 11) is 0. The van der Waals surface area contributed by atoms with Crippen molar-refractivity contribution in [3.8, 4) is 0 Å². The molecule has 0 atom stereocenters. The SMILES string of the molecule is Cl.Cl.NCc1ccc(C(=O)Nc2cc(C(F)(F)F)ccc2N2CCCCC2)cc1. The average molecular weight is 450 g/mol. The molecule has 3 rings (SSSR count). The maximum atomic E-state index is 13.1. The van der Waals surface area contributed by atoms with Crippen molar-refractivity contribution >= 4 is 42.1 Å². The Morgan fingerprint density at radius 1 is 1.00 bits per heavy atom. The van der Waals surface area contributed by atoms with Crippen LogP contribution in [0, 0.1) is 0 Å². The van der Waals surface area contributed by atoms with Gasteiger partial charge in [0.25, 0.3) is 5.91 Å². The number of nitrogens with two attached hydrogens (primary N) is 1. The number of anilines is 2. The van der Waals surface area contributed by atoms with E-state index >= 15 is 0 Å². The van der Waals surface area contributed by atoms with Crippen LogP contribution in [0.15, 0.2) is 42.5 Å². The summed E-state index contributed by atoms with van der Waals surface area (Å²) in [4.78, 5) is 14.6. The van der Waals surface area contributed by atoms with Crippen LogP contribution in [0.1, 0.15) is 40.7 Å². The quantitative estimate of drug-likeness (QED) is 0.669. The molecule has 1 fully saturated rings. The lowest BCUT2D eigenvalue weighted by atomic mass is 10.1. The van der Waals surface area contributed by atoms with E-state index in [0.29, 0.717) is 17.8 Å². The Hall–Kier alpha value is -1.96. The van der Waals surface area contributed by atoms with Crippen LogP contribution < -0.4 is 16.0 Å². The molecule has 0 aliphatic carbocycles. The number of carbonyl (C=O) groups excluding carboxylic acids is 1. The third-order valence-electron chi connectivity index (χ3n) is 4.72. The van der Waals surface area contributed by atoms with Gasteiger partial charge in [0, 0.05) is 25.2 Å². The Bertz CT molecular complexity index is 808. The van der Waals surface area contributed by atoms with E-state index in [9.17, 15) is 18.0 Å².